The number of nitriles is 1. The summed E-state index contributed by atoms with van der Waals surface area (Å²) in [6, 6.07) is 3.32. The molecular weight excluding hydrogens is 196 g/mol. The number of carboxylic acid groups (broad SMARTS) is 1. The fourth-order valence-electron chi connectivity index (χ4n) is 1.21. The van der Waals surface area contributed by atoms with Gasteiger partial charge in [-0.15, -0.1) is 0 Å². The van der Waals surface area contributed by atoms with Crippen LogP contribution in [0.5, 0.6) is 5.75 Å². The molecule has 5 heteroatoms. The summed E-state index contributed by atoms with van der Waals surface area (Å²) in [5.74, 6) is -1.32. The van der Waals surface area contributed by atoms with Crippen LogP contribution in [0.2, 0.25) is 0 Å². The average molecular weight is 206 g/mol. The number of nitrogens with zero attached hydrogens (tertiary/aromatic N) is 1. The van der Waals surface area contributed by atoms with Gasteiger partial charge in [-0.05, 0) is 24.1 Å². The normalized spacial score (nSPS) is 11.8. The monoisotopic (exact) mass is 206 g/mol. The molecule has 0 spiro atoms. The Hall–Kier alpha value is -2.06. The number of nitrogens with two attached hydrogens (primary N) is 1. The standard InChI is InChI=1S/C10H10N2O3/c1-5-2-6(8(12)10(14)15)3-7(4-11)9(5)13/h2-3,8,13H,12H2,1H3,(H,14,15). The molecule has 15 heavy (non-hydrogen) atoms. The Morgan fingerprint density at radius 3 is 2.67 bits per heavy atom. The second kappa shape index (κ2) is 3.98. The largest absolute Gasteiger partial charge is 0.506 e. The number of aliphatic carboxylic acids is 1. The summed E-state index contributed by atoms with van der Waals surface area (Å²) >= 11 is 0. The topological polar surface area (TPSA) is 107 Å². The van der Waals surface area contributed by atoms with Crippen LogP contribution in [0.1, 0.15) is 22.7 Å². The Morgan fingerprint density at radius 1 is 1.60 bits per heavy atom. The highest BCUT2D eigenvalue weighted by atomic mass is 16.4. The molecule has 0 radical (unpaired) electrons. The number of rotatable bonds is 2. The zero-order valence-corrected chi connectivity index (χ0v) is 8.06. The van der Waals surface area contributed by atoms with Crippen LogP contribution in [-0.4, -0.2) is 16.2 Å². The molecule has 1 aromatic carbocycles. The van der Waals surface area contributed by atoms with E-state index in [1.54, 1.807) is 13.0 Å². The molecule has 5 nitrogen and oxygen atoms in total. The molecule has 0 aliphatic heterocycles. The molecule has 0 fully saturated rings. The summed E-state index contributed by atoms with van der Waals surface area (Å²) < 4.78 is 0. The quantitative estimate of drug-likeness (QED) is 0.658. The average Bonchev–Trinajstić information content (AvgIpc) is 2.20. The van der Waals surface area contributed by atoms with E-state index in [9.17, 15) is 9.90 Å². The van der Waals surface area contributed by atoms with E-state index in [2.05, 4.69) is 0 Å². The van der Waals surface area contributed by atoms with Crippen molar-refractivity contribution in [1.82, 2.24) is 0 Å². The molecule has 1 aromatic rings. The van der Waals surface area contributed by atoms with Gasteiger partial charge in [-0.3, -0.25) is 4.79 Å². The Balaban J connectivity index is 3.30. The molecule has 0 saturated carbocycles. The second-order valence-corrected chi connectivity index (χ2v) is 3.16. The van der Waals surface area contributed by atoms with Crippen molar-refractivity contribution in [2.24, 2.45) is 5.73 Å². The summed E-state index contributed by atoms with van der Waals surface area (Å²) in [7, 11) is 0. The van der Waals surface area contributed by atoms with E-state index in [4.69, 9.17) is 16.1 Å². The summed E-state index contributed by atoms with van der Waals surface area (Å²) in [5, 5.41) is 26.8. The van der Waals surface area contributed by atoms with Crippen molar-refractivity contribution in [2.45, 2.75) is 13.0 Å². The van der Waals surface area contributed by atoms with Gasteiger partial charge in [0.25, 0.3) is 0 Å². The van der Waals surface area contributed by atoms with E-state index in [0.29, 0.717) is 11.1 Å². The lowest BCUT2D eigenvalue weighted by atomic mass is 10.0. The molecule has 0 bridgehead atoms. The summed E-state index contributed by atoms with van der Waals surface area (Å²) in [5.41, 5.74) is 6.15. The number of hydrogen-bond donors (Lipinski definition) is 3. The van der Waals surface area contributed by atoms with Crippen LogP contribution in [0.4, 0.5) is 0 Å². The third kappa shape index (κ3) is 2.06. The van der Waals surface area contributed by atoms with Crippen LogP contribution >= 0.6 is 0 Å². The highest BCUT2D eigenvalue weighted by molar-refractivity contribution is 5.75. The molecule has 0 saturated heterocycles. The van der Waals surface area contributed by atoms with Crippen molar-refractivity contribution in [3.8, 4) is 11.8 Å². The van der Waals surface area contributed by atoms with Gasteiger partial charge >= 0.3 is 5.97 Å². The molecule has 0 heterocycles. The zero-order chi connectivity index (χ0) is 11.6. The van der Waals surface area contributed by atoms with Crippen molar-refractivity contribution in [3.63, 3.8) is 0 Å². The predicted molar refractivity (Wildman–Crippen MR) is 52.1 cm³/mol. The fourth-order valence-corrected chi connectivity index (χ4v) is 1.21. The molecule has 78 valence electrons. The second-order valence-electron chi connectivity index (χ2n) is 3.16. The number of phenolic OH excluding ortho intramolecular Hbond substituents is 1. The van der Waals surface area contributed by atoms with E-state index in [1.807, 2.05) is 0 Å². The maximum atomic E-state index is 10.6. The fraction of sp³-hybridized carbons (Fsp3) is 0.200. The molecular formula is C10H10N2O3. The van der Waals surface area contributed by atoms with E-state index >= 15 is 0 Å². The molecule has 0 aromatic heterocycles. The van der Waals surface area contributed by atoms with Gasteiger partial charge in [0, 0.05) is 0 Å². The van der Waals surface area contributed by atoms with Crippen LogP contribution < -0.4 is 5.73 Å². The first kappa shape index (κ1) is 11.0. The number of carboxylic acids is 1. The Labute approximate surface area is 86.4 Å². The number of hydrogen-bond acceptors (Lipinski definition) is 4. The molecule has 1 rings (SSSR count). The molecule has 0 aliphatic carbocycles. The summed E-state index contributed by atoms with van der Waals surface area (Å²) in [6.45, 7) is 1.58. The summed E-state index contributed by atoms with van der Waals surface area (Å²) in [4.78, 5) is 10.6. The van der Waals surface area contributed by atoms with E-state index < -0.39 is 12.0 Å². The van der Waals surface area contributed by atoms with E-state index in [0.717, 1.165) is 0 Å². The van der Waals surface area contributed by atoms with Gasteiger partial charge in [0.05, 0.1) is 5.56 Å². The molecule has 1 unspecified atom stereocenters. The van der Waals surface area contributed by atoms with Crippen LogP contribution in [0, 0.1) is 18.3 Å². The van der Waals surface area contributed by atoms with Crippen molar-refractivity contribution in [1.29, 1.82) is 5.26 Å². The Kier molecular flexibility index (Phi) is 2.93. The minimum absolute atomic E-state index is 0.0294. The zero-order valence-electron chi connectivity index (χ0n) is 8.06. The lowest BCUT2D eigenvalue weighted by molar-refractivity contribution is -0.138. The minimum atomic E-state index is -1.18. The Bertz CT molecular complexity index is 449. The third-order valence-electron chi connectivity index (χ3n) is 2.07. The maximum Gasteiger partial charge on any atom is 0.325 e. The first-order valence-corrected chi connectivity index (χ1v) is 4.19. The number of phenols is 1. The number of benzene rings is 1. The minimum Gasteiger partial charge on any atom is -0.506 e. The van der Waals surface area contributed by atoms with Crippen molar-refractivity contribution in [3.05, 3.63) is 28.8 Å². The van der Waals surface area contributed by atoms with Gasteiger partial charge in [-0.1, -0.05) is 6.07 Å². The maximum absolute atomic E-state index is 10.6. The molecule has 0 amide bonds. The summed E-state index contributed by atoms with van der Waals surface area (Å²) in [6.07, 6.45) is 0. The first-order valence-electron chi connectivity index (χ1n) is 4.19. The van der Waals surface area contributed by atoms with Crippen LogP contribution in [-0.2, 0) is 4.79 Å². The van der Waals surface area contributed by atoms with Crippen molar-refractivity contribution >= 4 is 5.97 Å². The van der Waals surface area contributed by atoms with Gasteiger partial charge in [0.15, 0.2) is 0 Å². The van der Waals surface area contributed by atoms with Gasteiger partial charge < -0.3 is 15.9 Å². The lowest BCUT2D eigenvalue weighted by Gasteiger charge is -2.09. The van der Waals surface area contributed by atoms with Gasteiger partial charge in [0.2, 0.25) is 0 Å². The SMILES string of the molecule is Cc1cc(C(N)C(=O)O)cc(C#N)c1O. The Morgan fingerprint density at radius 2 is 2.20 bits per heavy atom. The van der Waals surface area contributed by atoms with Gasteiger partial charge in [0.1, 0.15) is 17.9 Å². The number of aryl methyl sites for hydroxylation is 1. The van der Waals surface area contributed by atoms with E-state index in [-0.39, 0.29) is 11.3 Å². The first-order chi connectivity index (χ1) is 6.97. The van der Waals surface area contributed by atoms with Crippen molar-refractivity contribution in [2.75, 3.05) is 0 Å². The van der Waals surface area contributed by atoms with Crippen LogP contribution in [0.15, 0.2) is 12.1 Å². The lowest BCUT2D eigenvalue weighted by Crippen LogP contribution is -2.20. The van der Waals surface area contributed by atoms with Gasteiger partial charge in [-0.25, -0.2) is 0 Å². The third-order valence-corrected chi connectivity index (χ3v) is 2.07. The van der Waals surface area contributed by atoms with Gasteiger partial charge in [-0.2, -0.15) is 5.26 Å². The molecule has 0 aliphatic rings. The number of aromatic hydroxyl groups is 1. The highest BCUT2D eigenvalue weighted by Gasteiger charge is 2.17. The predicted octanol–water partition coefficient (Wildman–Crippen LogP) is 0.657. The van der Waals surface area contributed by atoms with E-state index in [1.165, 1.54) is 12.1 Å². The highest BCUT2D eigenvalue weighted by Crippen LogP contribution is 2.25. The van der Waals surface area contributed by atoms with Crippen LogP contribution in [0.3, 0.4) is 0 Å². The van der Waals surface area contributed by atoms with Crippen LogP contribution in [0.25, 0.3) is 0 Å². The smallest absolute Gasteiger partial charge is 0.325 e. The molecule has 4 N–H and O–H groups in total. The molecule has 1 atom stereocenters. The van der Waals surface area contributed by atoms with Crippen molar-refractivity contribution < 1.29 is 15.0 Å². The number of carbonyl (C=O) groups is 1.